The Balaban J connectivity index is 1.64. The van der Waals surface area contributed by atoms with Gasteiger partial charge in [0.05, 0.1) is 0 Å². The zero-order valence-electron chi connectivity index (χ0n) is 27.6. The second-order valence-electron chi connectivity index (χ2n) is 13.0. The highest BCUT2D eigenvalue weighted by Crippen LogP contribution is 2.53. The number of benzene rings is 2. The lowest BCUT2D eigenvalue weighted by Gasteiger charge is -2.55. The van der Waals surface area contributed by atoms with Gasteiger partial charge in [0.1, 0.15) is 37.0 Å². The second kappa shape index (κ2) is 13.5. The van der Waals surface area contributed by atoms with E-state index in [1.807, 2.05) is 83.7 Å². The molecular formula is C36H48N6O4. The number of nitrogens with zero attached hydrogens (tertiary/aromatic N) is 6. The van der Waals surface area contributed by atoms with Gasteiger partial charge in [0.25, 0.3) is 0 Å². The molecule has 0 radical (unpaired) electrons. The van der Waals surface area contributed by atoms with Crippen LogP contribution in [0.15, 0.2) is 60.7 Å². The molecule has 0 spiro atoms. The number of piperazine rings is 1. The highest BCUT2D eigenvalue weighted by Gasteiger charge is 2.74. The molecule has 0 saturated carbocycles. The summed E-state index contributed by atoms with van der Waals surface area (Å²) < 4.78 is 0. The predicted molar refractivity (Wildman–Crippen MR) is 174 cm³/mol. The maximum absolute atomic E-state index is 14.4. The van der Waals surface area contributed by atoms with Crippen LogP contribution in [0.3, 0.4) is 0 Å². The van der Waals surface area contributed by atoms with E-state index in [0.29, 0.717) is 64.5 Å². The molecule has 46 heavy (non-hydrogen) atoms. The molecule has 5 fully saturated rings. The van der Waals surface area contributed by atoms with Crippen molar-refractivity contribution in [3.05, 3.63) is 71.8 Å². The van der Waals surface area contributed by atoms with E-state index in [4.69, 9.17) is 0 Å². The van der Waals surface area contributed by atoms with Crippen LogP contribution in [-0.2, 0) is 32.3 Å². The Morgan fingerprint density at radius 2 is 0.696 bits per heavy atom. The molecule has 246 valence electrons. The van der Waals surface area contributed by atoms with Crippen molar-refractivity contribution in [3.8, 4) is 0 Å². The number of hydrogen-bond donors (Lipinski definition) is 0. The minimum absolute atomic E-state index is 0.0520. The summed E-state index contributed by atoms with van der Waals surface area (Å²) >= 11 is 0. The van der Waals surface area contributed by atoms with Crippen LogP contribution in [0.4, 0.5) is 0 Å². The summed E-state index contributed by atoms with van der Waals surface area (Å²) in [6.07, 6.45) is 0.407. The zero-order chi connectivity index (χ0) is 32.5. The summed E-state index contributed by atoms with van der Waals surface area (Å²) in [5.41, 5.74) is 2.10. The summed E-state index contributed by atoms with van der Waals surface area (Å²) in [5, 5.41) is 0. The van der Waals surface area contributed by atoms with Gasteiger partial charge in [-0.2, -0.15) is 0 Å². The fourth-order valence-corrected chi connectivity index (χ4v) is 8.20. The first kappa shape index (κ1) is 32.2. The molecule has 0 N–H and O–H groups in total. The Morgan fingerprint density at radius 3 is 0.935 bits per heavy atom. The van der Waals surface area contributed by atoms with E-state index in [0.717, 1.165) is 11.1 Å². The highest BCUT2D eigenvalue weighted by molar-refractivity contribution is 5.86. The monoisotopic (exact) mass is 628 g/mol. The van der Waals surface area contributed by atoms with E-state index in [1.54, 1.807) is 0 Å². The summed E-state index contributed by atoms with van der Waals surface area (Å²) in [5.74, 6) is -0.208. The van der Waals surface area contributed by atoms with Gasteiger partial charge in [0.2, 0.25) is 23.6 Å². The van der Waals surface area contributed by atoms with Crippen LogP contribution >= 0.6 is 0 Å². The van der Waals surface area contributed by atoms with Gasteiger partial charge in [0, 0.05) is 38.8 Å². The van der Waals surface area contributed by atoms with Gasteiger partial charge in [-0.05, 0) is 36.8 Å². The van der Waals surface area contributed by atoms with Crippen molar-refractivity contribution in [2.24, 2.45) is 0 Å². The van der Waals surface area contributed by atoms with Crippen LogP contribution in [0.25, 0.3) is 0 Å². The molecule has 7 rings (SSSR count). The largest absolute Gasteiger partial charge is 0.299 e. The molecule has 6 bridgehead atoms. The number of hydrogen-bond acceptors (Lipinski definition) is 6. The average molecular weight is 629 g/mol. The Kier molecular flexibility index (Phi) is 9.47. The van der Waals surface area contributed by atoms with Gasteiger partial charge in [-0.3, -0.25) is 48.6 Å². The van der Waals surface area contributed by atoms with Crippen molar-refractivity contribution in [3.63, 3.8) is 0 Å². The zero-order valence-corrected chi connectivity index (χ0v) is 27.6. The Morgan fingerprint density at radius 1 is 0.435 bits per heavy atom. The van der Waals surface area contributed by atoms with Crippen molar-refractivity contribution in [1.82, 2.24) is 29.4 Å². The summed E-state index contributed by atoms with van der Waals surface area (Å²) in [7, 11) is 0. The van der Waals surface area contributed by atoms with Crippen LogP contribution < -0.4 is 0 Å². The van der Waals surface area contributed by atoms with E-state index < -0.39 is 37.0 Å². The van der Waals surface area contributed by atoms with Crippen molar-refractivity contribution in [2.75, 3.05) is 0 Å². The molecule has 10 nitrogen and oxygen atoms in total. The molecule has 0 aromatic heterocycles. The van der Waals surface area contributed by atoms with Crippen LogP contribution in [0.5, 0.6) is 0 Å². The SMILES string of the molecule is CCCC(=O)N1C2C3N(C(=O)CCC)[C@H]4[C@H](N3C(=O)CCC)N(Cc3ccccc3)[C@H]([C@H]1N4Cc1ccccc1)N2C(=O)CCC. The van der Waals surface area contributed by atoms with E-state index >= 15 is 0 Å². The second-order valence-corrected chi connectivity index (χ2v) is 13.0. The third kappa shape index (κ3) is 5.29. The quantitative estimate of drug-likeness (QED) is 0.344. The first-order chi connectivity index (χ1) is 22.4. The molecular weight excluding hydrogens is 580 g/mol. The molecule has 0 unspecified atom stereocenters. The van der Waals surface area contributed by atoms with Crippen LogP contribution in [0.2, 0.25) is 0 Å². The Labute approximate surface area is 272 Å². The van der Waals surface area contributed by atoms with E-state index in [9.17, 15) is 19.2 Å². The maximum Gasteiger partial charge on any atom is 0.225 e. The summed E-state index contributed by atoms with van der Waals surface area (Å²) in [6, 6.07) is 20.2. The molecule has 5 aliphatic heterocycles. The molecule has 2 aromatic carbocycles. The van der Waals surface area contributed by atoms with E-state index in [2.05, 4.69) is 34.1 Å². The van der Waals surface area contributed by atoms with E-state index in [-0.39, 0.29) is 23.6 Å². The third-order valence-corrected chi connectivity index (χ3v) is 9.86. The van der Waals surface area contributed by atoms with Gasteiger partial charge < -0.3 is 0 Å². The van der Waals surface area contributed by atoms with Gasteiger partial charge in [0.15, 0.2) is 0 Å². The fraction of sp³-hybridized carbons (Fsp3) is 0.556. The van der Waals surface area contributed by atoms with Crippen LogP contribution in [0.1, 0.15) is 90.2 Å². The van der Waals surface area contributed by atoms with Crippen molar-refractivity contribution in [1.29, 1.82) is 0 Å². The lowest BCUT2D eigenvalue weighted by atomic mass is 10.0. The van der Waals surface area contributed by atoms with Gasteiger partial charge in [-0.15, -0.1) is 0 Å². The lowest BCUT2D eigenvalue weighted by Crippen LogP contribution is -2.74. The van der Waals surface area contributed by atoms with Gasteiger partial charge in [-0.1, -0.05) is 88.4 Å². The number of amides is 4. The molecule has 5 aliphatic rings. The first-order valence-electron chi connectivity index (χ1n) is 17.2. The number of carbonyl (C=O) groups is 4. The molecule has 4 atom stereocenters. The fourth-order valence-electron chi connectivity index (χ4n) is 8.20. The molecule has 5 heterocycles. The van der Waals surface area contributed by atoms with Crippen molar-refractivity contribution >= 4 is 23.6 Å². The summed E-state index contributed by atoms with van der Waals surface area (Å²) in [6.45, 7) is 8.89. The van der Waals surface area contributed by atoms with E-state index in [1.165, 1.54) is 0 Å². The van der Waals surface area contributed by atoms with Crippen LogP contribution in [0, 0.1) is 0 Å². The first-order valence-corrected chi connectivity index (χ1v) is 17.2. The Hall–Kier alpha value is -3.76. The average Bonchev–Trinajstić information content (AvgIpc) is 3.53. The Bertz CT molecular complexity index is 1250. The molecule has 2 aromatic rings. The van der Waals surface area contributed by atoms with Crippen LogP contribution in [-0.4, -0.2) is 90.0 Å². The van der Waals surface area contributed by atoms with Crippen molar-refractivity contribution < 1.29 is 19.2 Å². The normalized spacial score (nSPS) is 26.7. The number of rotatable bonds is 12. The standard InChI is InChI=1S/C36H48N6O4/c1-5-15-27(43)39-31-32-38(24-26-21-13-10-14-22-26)34-33(37(31)23-25-19-11-9-12-20-25)41(29(45)17-7-3)36(42(34)30(46)18-8-4)35(39)40(32)28(44)16-6-2/h9-14,19-22,31-36H,5-8,15-18,23-24H2,1-4H3/t31-,32-,33-,34-,35?,36?/m0/s1. The third-order valence-electron chi connectivity index (χ3n) is 9.86. The number of carbonyl (C=O) groups excluding carboxylic acids is 4. The van der Waals surface area contributed by atoms with Gasteiger partial charge >= 0.3 is 0 Å². The smallest absolute Gasteiger partial charge is 0.225 e. The highest BCUT2D eigenvalue weighted by atomic mass is 16.2. The summed E-state index contributed by atoms with van der Waals surface area (Å²) in [4.78, 5) is 69.6. The molecule has 5 saturated heterocycles. The maximum atomic E-state index is 14.4. The van der Waals surface area contributed by atoms with Gasteiger partial charge in [-0.25, -0.2) is 0 Å². The minimum atomic E-state index is -0.774. The lowest BCUT2D eigenvalue weighted by molar-refractivity contribution is -0.180. The molecule has 10 heteroatoms. The van der Waals surface area contributed by atoms with Crippen molar-refractivity contribution in [2.45, 2.75) is 129 Å². The topological polar surface area (TPSA) is 87.7 Å². The minimum Gasteiger partial charge on any atom is -0.299 e. The molecule has 0 aliphatic carbocycles. The molecule has 4 amide bonds. The predicted octanol–water partition coefficient (Wildman–Crippen LogP) is 4.52.